The molecular formula is C16H17NO3. The molecule has 0 saturated heterocycles. The summed E-state index contributed by atoms with van der Waals surface area (Å²) in [5.74, 6) is 0.414. The van der Waals surface area contributed by atoms with Crippen LogP contribution in [0.15, 0.2) is 34.9 Å². The van der Waals surface area contributed by atoms with Gasteiger partial charge in [0.15, 0.2) is 0 Å². The number of aliphatic hydroxyl groups excluding tert-OH is 1. The maximum Gasteiger partial charge on any atom is 0.232 e. The summed E-state index contributed by atoms with van der Waals surface area (Å²) in [7, 11) is 0. The normalized spacial score (nSPS) is 18.8. The van der Waals surface area contributed by atoms with Gasteiger partial charge in [0.2, 0.25) is 5.91 Å². The number of rotatable bonds is 3. The highest BCUT2D eigenvalue weighted by Gasteiger charge is 2.31. The van der Waals surface area contributed by atoms with E-state index in [1.807, 2.05) is 26.0 Å². The second-order valence-corrected chi connectivity index (χ2v) is 5.17. The van der Waals surface area contributed by atoms with Gasteiger partial charge in [-0.1, -0.05) is 13.0 Å². The van der Waals surface area contributed by atoms with Gasteiger partial charge in [0, 0.05) is 5.69 Å². The fraction of sp³-hybridized carbons (Fsp3) is 0.312. The van der Waals surface area contributed by atoms with Crippen molar-refractivity contribution in [1.82, 2.24) is 0 Å². The molecule has 2 unspecified atom stereocenters. The van der Waals surface area contributed by atoms with Crippen molar-refractivity contribution < 1.29 is 14.3 Å². The van der Waals surface area contributed by atoms with Crippen LogP contribution in [0.3, 0.4) is 0 Å². The molecule has 1 amide bonds. The zero-order chi connectivity index (χ0) is 14.3. The zero-order valence-electron chi connectivity index (χ0n) is 11.5. The molecule has 2 N–H and O–H groups in total. The van der Waals surface area contributed by atoms with Crippen LogP contribution >= 0.6 is 0 Å². The molecule has 0 aliphatic carbocycles. The molecule has 1 aliphatic heterocycles. The van der Waals surface area contributed by atoms with Crippen molar-refractivity contribution in [3.8, 4) is 0 Å². The molecule has 1 aromatic heterocycles. The Bertz CT molecular complexity index is 646. The average Bonchev–Trinajstić information content (AvgIpc) is 3.05. The first-order chi connectivity index (χ1) is 9.61. The minimum Gasteiger partial charge on any atom is -0.466 e. The molecule has 1 aliphatic rings. The van der Waals surface area contributed by atoms with E-state index in [0.717, 1.165) is 28.8 Å². The fourth-order valence-corrected chi connectivity index (χ4v) is 2.81. The number of furan rings is 1. The van der Waals surface area contributed by atoms with Crippen molar-refractivity contribution >= 4 is 11.6 Å². The van der Waals surface area contributed by atoms with Crippen LogP contribution in [0.2, 0.25) is 0 Å². The summed E-state index contributed by atoms with van der Waals surface area (Å²) in [5.41, 5.74) is 3.58. The largest absolute Gasteiger partial charge is 0.466 e. The van der Waals surface area contributed by atoms with Crippen LogP contribution in [-0.2, 0) is 4.79 Å². The van der Waals surface area contributed by atoms with Crippen molar-refractivity contribution in [2.75, 3.05) is 5.32 Å². The number of amides is 1. The Labute approximate surface area is 117 Å². The fourth-order valence-electron chi connectivity index (χ4n) is 2.81. The first-order valence-corrected chi connectivity index (χ1v) is 6.78. The van der Waals surface area contributed by atoms with Crippen LogP contribution in [0.4, 0.5) is 5.69 Å². The van der Waals surface area contributed by atoms with Crippen LogP contribution in [0.1, 0.15) is 47.8 Å². The SMILES string of the molecule is CCC1C(=O)Nc2c(C)cc(C(O)c3ccco3)cc21. The number of aliphatic hydroxyl groups is 1. The number of anilines is 1. The summed E-state index contributed by atoms with van der Waals surface area (Å²) in [6, 6.07) is 7.29. The smallest absolute Gasteiger partial charge is 0.232 e. The highest BCUT2D eigenvalue weighted by molar-refractivity contribution is 6.03. The van der Waals surface area contributed by atoms with Crippen LogP contribution < -0.4 is 5.32 Å². The summed E-state index contributed by atoms with van der Waals surface area (Å²) < 4.78 is 5.25. The predicted molar refractivity (Wildman–Crippen MR) is 75.6 cm³/mol. The molecule has 104 valence electrons. The summed E-state index contributed by atoms with van der Waals surface area (Å²) in [4.78, 5) is 11.9. The molecule has 0 bridgehead atoms. The van der Waals surface area contributed by atoms with Gasteiger partial charge in [-0.3, -0.25) is 4.79 Å². The van der Waals surface area contributed by atoms with Crippen molar-refractivity contribution in [3.63, 3.8) is 0 Å². The summed E-state index contributed by atoms with van der Waals surface area (Å²) >= 11 is 0. The van der Waals surface area contributed by atoms with E-state index in [1.165, 1.54) is 0 Å². The summed E-state index contributed by atoms with van der Waals surface area (Å²) in [6.07, 6.45) is 1.49. The Morgan fingerprint density at radius 1 is 1.45 bits per heavy atom. The van der Waals surface area contributed by atoms with E-state index in [4.69, 9.17) is 4.42 Å². The number of fused-ring (bicyclic) bond motifs is 1. The van der Waals surface area contributed by atoms with Crippen LogP contribution in [0, 0.1) is 6.92 Å². The Morgan fingerprint density at radius 2 is 2.25 bits per heavy atom. The third-order valence-corrected chi connectivity index (χ3v) is 3.87. The van der Waals surface area contributed by atoms with E-state index >= 15 is 0 Å². The van der Waals surface area contributed by atoms with Gasteiger partial charge in [0.05, 0.1) is 12.2 Å². The summed E-state index contributed by atoms with van der Waals surface area (Å²) in [6.45, 7) is 3.93. The first-order valence-electron chi connectivity index (χ1n) is 6.78. The standard InChI is InChI=1S/C16H17NO3/c1-3-11-12-8-10(15(18)13-5-4-6-20-13)7-9(2)14(12)17-16(11)19/h4-8,11,15,18H,3H2,1-2H3,(H,17,19). The number of benzene rings is 1. The van der Waals surface area contributed by atoms with Gasteiger partial charge in [-0.25, -0.2) is 0 Å². The lowest BCUT2D eigenvalue weighted by Gasteiger charge is -2.13. The number of aryl methyl sites for hydroxylation is 1. The number of nitrogens with one attached hydrogen (secondary N) is 1. The average molecular weight is 271 g/mol. The third-order valence-electron chi connectivity index (χ3n) is 3.87. The molecule has 1 aromatic carbocycles. The predicted octanol–water partition coefficient (Wildman–Crippen LogP) is 3.12. The minimum atomic E-state index is -0.804. The molecule has 0 fully saturated rings. The molecule has 0 saturated carbocycles. The lowest BCUT2D eigenvalue weighted by atomic mass is 9.92. The number of carbonyl (C=O) groups excluding carboxylic acids is 1. The van der Waals surface area contributed by atoms with Gasteiger partial charge in [0.1, 0.15) is 11.9 Å². The molecule has 0 spiro atoms. The van der Waals surface area contributed by atoms with Crippen molar-refractivity contribution in [3.05, 3.63) is 53.0 Å². The Morgan fingerprint density at radius 3 is 2.90 bits per heavy atom. The van der Waals surface area contributed by atoms with Gasteiger partial charge in [0.25, 0.3) is 0 Å². The number of hydrogen-bond acceptors (Lipinski definition) is 3. The zero-order valence-corrected chi connectivity index (χ0v) is 11.5. The Kier molecular flexibility index (Phi) is 3.10. The minimum absolute atomic E-state index is 0.0373. The van der Waals surface area contributed by atoms with Gasteiger partial charge < -0.3 is 14.8 Å². The molecular weight excluding hydrogens is 254 g/mol. The van der Waals surface area contributed by atoms with Gasteiger partial charge in [-0.05, 0) is 48.2 Å². The molecule has 4 heteroatoms. The molecule has 3 rings (SSSR count). The monoisotopic (exact) mass is 271 g/mol. The first kappa shape index (κ1) is 12.9. The van der Waals surface area contributed by atoms with E-state index in [9.17, 15) is 9.90 Å². The van der Waals surface area contributed by atoms with Crippen molar-refractivity contribution in [2.45, 2.75) is 32.3 Å². The van der Waals surface area contributed by atoms with E-state index in [2.05, 4.69) is 5.32 Å². The van der Waals surface area contributed by atoms with Crippen LogP contribution in [-0.4, -0.2) is 11.0 Å². The lowest BCUT2D eigenvalue weighted by Crippen LogP contribution is -2.10. The van der Waals surface area contributed by atoms with Gasteiger partial charge >= 0.3 is 0 Å². The number of hydrogen-bond donors (Lipinski definition) is 2. The van der Waals surface area contributed by atoms with E-state index in [0.29, 0.717) is 5.76 Å². The second kappa shape index (κ2) is 4.80. The van der Waals surface area contributed by atoms with E-state index in [1.54, 1.807) is 18.4 Å². The van der Waals surface area contributed by atoms with Gasteiger partial charge in [-0.15, -0.1) is 0 Å². The molecule has 2 heterocycles. The Balaban J connectivity index is 2.06. The maximum absolute atomic E-state index is 11.9. The number of carbonyl (C=O) groups is 1. The Hall–Kier alpha value is -2.07. The topological polar surface area (TPSA) is 62.5 Å². The molecule has 20 heavy (non-hydrogen) atoms. The molecule has 4 nitrogen and oxygen atoms in total. The maximum atomic E-state index is 11.9. The quantitative estimate of drug-likeness (QED) is 0.901. The van der Waals surface area contributed by atoms with E-state index in [-0.39, 0.29) is 11.8 Å². The third kappa shape index (κ3) is 1.93. The lowest BCUT2D eigenvalue weighted by molar-refractivity contribution is -0.117. The molecule has 2 aromatic rings. The van der Waals surface area contributed by atoms with Crippen LogP contribution in [0.5, 0.6) is 0 Å². The van der Waals surface area contributed by atoms with E-state index < -0.39 is 6.10 Å². The van der Waals surface area contributed by atoms with Gasteiger partial charge in [-0.2, -0.15) is 0 Å². The highest BCUT2D eigenvalue weighted by Crippen LogP contribution is 2.39. The highest BCUT2D eigenvalue weighted by atomic mass is 16.4. The van der Waals surface area contributed by atoms with Crippen molar-refractivity contribution in [1.29, 1.82) is 0 Å². The summed E-state index contributed by atoms with van der Waals surface area (Å²) in [5, 5.41) is 13.3. The second-order valence-electron chi connectivity index (χ2n) is 5.17. The van der Waals surface area contributed by atoms with Crippen molar-refractivity contribution in [2.24, 2.45) is 0 Å². The molecule has 2 atom stereocenters. The van der Waals surface area contributed by atoms with Crippen LogP contribution in [0.25, 0.3) is 0 Å². The molecule has 0 radical (unpaired) electrons.